The van der Waals surface area contributed by atoms with Gasteiger partial charge in [0.1, 0.15) is 0 Å². The summed E-state index contributed by atoms with van der Waals surface area (Å²) in [6.07, 6.45) is 0.934. The van der Waals surface area contributed by atoms with Gasteiger partial charge in [-0.15, -0.1) is 11.8 Å². The zero-order valence-electron chi connectivity index (χ0n) is 12.7. The van der Waals surface area contributed by atoms with Crippen LogP contribution in [0.4, 0.5) is 0 Å². The van der Waals surface area contributed by atoms with Crippen LogP contribution in [0, 0.1) is 11.8 Å². The van der Waals surface area contributed by atoms with Gasteiger partial charge in [-0.05, 0) is 18.3 Å². The molecule has 0 aromatic carbocycles. The van der Waals surface area contributed by atoms with Crippen molar-refractivity contribution >= 4 is 23.6 Å². The maximum Gasteiger partial charge on any atom is 0.303 e. The molecule has 0 heterocycles. The number of amides is 1. The molecule has 112 valence electrons. The molecule has 0 aromatic heterocycles. The van der Waals surface area contributed by atoms with E-state index in [4.69, 9.17) is 5.11 Å². The second kappa shape index (κ2) is 8.46. The van der Waals surface area contributed by atoms with Crippen molar-refractivity contribution in [2.75, 3.05) is 12.3 Å². The van der Waals surface area contributed by atoms with Gasteiger partial charge in [0.05, 0.1) is 5.75 Å². The molecule has 4 nitrogen and oxygen atoms in total. The lowest BCUT2D eigenvalue weighted by atomic mass is 9.94. The van der Waals surface area contributed by atoms with E-state index in [2.05, 4.69) is 39.9 Å². The van der Waals surface area contributed by atoms with Gasteiger partial charge in [0, 0.05) is 17.7 Å². The van der Waals surface area contributed by atoms with Crippen LogP contribution in [0.5, 0.6) is 0 Å². The molecule has 0 fully saturated rings. The zero-order chi connectivity index (χ0) is 15.1. The van der Waals surface area contributed by atoms with E-state index in [9.17, 15) is 9.59 Å². The number of aliphatic carboxylic acids is 1. The summed E-state index contributed by atoms with van der Waals surface area (Å²) in [7, 11) is 0. The molecule has 5 heteroatoms. The van der Waals surface area contributed by atoms with Crippen molar-refractivity contribution in [3.63, 3.8) is 0 Å². The summed E-state index contributed by atoms with van der Waals surface area (Å²) >= 11 is 1.59. The van der Waals surface area contributed by atoms with Crippen molar-refractivity contribution in [1.29, 1.82) is 0 Å². The van der Waals surface area contributed by atoms with Crippen LogP contribution in [0.15, 0.2) is 0 Å². The number of nitrogens with one attached hydrogen (secondary N) is 1. The maximum absolute atomic E-state index is 11.7. The molecule has 19 heavy (non-hydrogen) atoms. The molecule has 0 bridgehead atoms. The topological polar surface area (TPSA) is 66.4 Å². The van der Waals surface area contributed by atoms with E-state index in [-0.39, 0.29) is 23.0 Å². The average Bonchev–Trinajstić information content (AvgIpc) is 2.20. The minimum atomic E-state index is -0.802. The molecule has 0 saturated heterocycles. The van der Waals surface area contributed by atoms with E-state index < -0.39 is 5.97 Å². The van der Waals surface area contributed by atoms with Gasteiger partial charge in [0.2, 0.25) is 5.91 Å². The fraction of sp³-hybridized carbons (Fsp3) is 0.857. The van der Waals surface area contributed by atoms with E-state index in [1.807, 2.05) is 0 Å². The normalized spacial score (nSPS) is 13.4. The van der Waals surface area contributed by atoms with Crippen LogP contribution < -0.4 is 5.32 Å². The highest BCUT2D eigenvalue weighted by Gasteiger charge is 2.17. The second-order valence-corrected chi connectivity index (χ2v) is 8.10. The number of rotatable bonds is 8. The first-order valence-corrected chi connectivity index (χ1v) is 7.71. The molecule has 0 aromatic rings. The number of hydrogen-bond donors (Lipinski definition) is 2. The number of carboxylic acid groups (broad SMARTS) is 1. The molecule has 2 N–H and O–H groups in total. The summed E-state index contributed by atoms with van der Waals surface area (Å²) in [6.45, 7) is 10.8. The van der Waals surface area contributed by atoms with E-state index in [0.29, 0.717) is 18.2 Å². The van der Waals surface area contributed by atoms with Crippen LogP contribution >= 0.6 is 11.8 Å². The Morgan fingerprint density at radius 3 is 2.26 bits per heavy atom. The Morgan fingerprint density at radius 2 is 1.84 bits per heavy atom. The van der Waals surface area contributed by atoms with Crippen molar-refractivity contribution in [3.05, 3.63) is 0 Å². The summed E-state index contributed by atoms with van der Waals surface area (Å²) in [5.41, 5.74) is 0. The third-order valence-corrected chi connectivity index (χ3v) is 3.76. The summed E-state index contributed by atoms with van der Waals surface area (Å²) in [4.78, 5) is 22.5. The van der Waals surface area contributed by atoms with E-state index in [0.717, 1.165) is 6.42 Å². The molecular formula is C14H27NO3S. The Kier molecular flexibility index (Phi) is 8.14. The molecule has 0 saturated carbocycles. The number of carbonyl (C=O) groups is 2. The highest BCUT2D eigenvalue weighted by atomic mass is 32.2. The lowest BCUT2D eigenvalue weighted by Gasteiger charge is -2.19. The van der Waals surface area contributed by atoms with Crippen molar-refractivity contribution in [2.24, 2.45) is 11.8 Å². The maximum atomic E-state index is 11.7. The number of hydrogen-bond acceptors (Lipinski definition) is 3. The fourth-order valence-electron chi connectivity index (χ4n) is 1.74. The number of carboxylic acids is 1. The van der Waals surface area contributed by atoms with Crippen LogP contribution in [0.2, 0.25) is 0 Å². The highest BCUT2D eigenvalue weighted by molar-refractivity contribution is 8.01. The highest BCUT2D eigenvalue weighted by Crippen LogP contribution is 2.22. The van der Waals surface area contributed by atoms with Gasteiger partial charge in [-0.3, -0.25) is 9.59 Å². The van der Waals surface area contributed by atoms with Gasteiger partial charge in [0.15, 0.2) is 0 Å². The predicted octanol–water partition coefficient (Wildman–Crippen LogP) is 2.77. The summed E-state index contributed by atoms with van der Waals surface area (Å²) < 4.78 is 0.0652. The largest absolute Gasteiger partial charge is 0.481 e. The average molecular weight is 289 g/mol. The van der Waals surface area contributed by atoms with Gasteiger partial charge >= 0.3 is 5.97 Å². The summed E-state index contributed by atoms with van der Waals surface area (Å²) in [5, 5.41) is 11.7. The third kappa shape index (κ3) is 12.1. The van der Waals surface area contributed by atoms with Crippen molar-refractivity contribution < 1.29 is 14.7 Å². The van der Waals surface area contributed by atoms with Crippen molar-refractivity contribution in [2.45, 2.75) is 52.2 Å². The van der Waals surface area contributed by atoms with Crippen LogP contribution in [-0.2, 0) is 9.59 Å². The second-order valence-electron chi connectivity index (χ2n) is 6.30. The summed E-state index contributed by atoms with van der Waals surface area (Å²) in [6, 6.07) is 0. The SMILES string of the molecule is CC(C)C[C@H](CNC(=O)CSC(C)(C)C)CC(=O)O. The van der Waals surface area contributed by atoms with Crippen molar-refractivity contribution in [3.8, 4) is 0 Å². The van der Waals surface area contributed by atoms with Gasteiger partial charge < -0.3 is 10.4 Å². The predicted molar refractivity (Wildman–Crippen MR) is 80.4 cm³/mol. The fourth-order valence-corrected chi connectivity index (χ4v) is 2.41. The first-order valence-electron chi connectivity index (χ1n) is 6.72. The molecule has 0 aliphatic carbocycles. The van der Waals surface area contributed by atoms with Crippen molar-refractivity contribution in [1.82, 2.24) is 5.32 Å². The summed E-state index contributed by atoms with van der Waals surface area (Å²) in [5.74, 6) is 0.0552. The standard InChI is InChI=1S/C14H27NO3S/c1-10(2)6-11(7-13(17)18)8-15-12(16)9-19-14(3,4)5/h10-11H,6-9H2,1-5H3,(H,15,16)(H,17,18)/t11-/m0/s1. The molecule has 1 amide bonds. The Morgan fingerprint density at radius 1 is 1.26 bits per heavy atom. The Bertz CT molecular complexity index is 298. The van der Waals surface area contributed by atoms with Crippen LogP contribution in [0.1, 0.15) is 47.5 Å². The van der Waals surface area contributed by atoms with Crippen LogP contribution in [0.25, 0.3) is 0 Å². The first-order chi connectivity index (χ1) is 8.60. The lowest BCUT2D eigenvalue weighted by Crippen LogP contribution is -2.33. The third-order valence-electron chi connectivity index (χ3n) is 2.49. The first kappa shape index (κ1) is 18.3. The van der Waals surface area contributed by atoms with Gasteiger partial charge in [-0.1, -0.05) is 34.6 Å². The van der Waals surface area contributed by atoms with Gasteiger partial charge in [-0.25, -0.2) is 0 Å². The van der Waals surface area contributed by atoms with E-state index in [1.165, 1.54) is 0 Å². The zero-order valence-corrected chi connectivity index (χ0v) is 13.5. The van der Waals surface area contributed by atoms with Crippen LogP contribution in [0.3, 0.4) is 0 Å². The minimum absolute atomic E-state index is 0.0148. The minimum Gasteiger partial charge on any atom is -0.481 e. The molecule has 0 rings (SSSR count). The molecular weight excluding hydrogens is 262 g/mol. The molecule has 0 aliphatic heterocycles. The molecule has 0 spiro atoms. The molecule has 0 unspecified atom stereocenters. The number of carbonyl (C=O) groups excluding carboxylic acids is 1. The molecule has 1 atom stereocenters. The van der Waals surface area contributed by atoms with Gasteiger partial charge in [-0.2, -0.15) is 0 Å². The monoisotopic (exact) mass is 289 g/mol. The van der Waals surface area contributed by atoms with Gasteiger partial charge in [0.25, 0.3) is 0 Å². The number of thioether (sulfide) groups is 1. The molecule has 0 aliphatic rings. The van der Waals surface area contributed by atoms with E-state index in [1.54, 1.807) is 11.8 Å². The Hall–Kier alpha value is -0.710. The van der Waals surface area contributed by atoms with E-state index >= 15 is 0 Å². The smallest absolute Gasteiger partial charge is 0.303 e. The molecule has 0 radical (unpaired) electrons. The quantitative estimate of drug-likeness (QED) is 0.721. The lowest BCUT2D eigenvalue weighted by molar-refractivity contribution is -0.138. The van der Waals surface area contributed by atoms with Crippen LogP contribution in [-0.4, -0.2) is 34.0 Å². The Labute approximate surface area is 120 Å². The Balaban J connectivity index is 4.08.